The molecule has 0 saturated carbocycles. The lowest BCUT2D eigenvalue weighted by Crippen LogP contribution is -2.40. The molecule has 1 fully saturated rings. The molecule has 4 rings (SSSR count). The smallest absolute Gasteiger partial charge is 0.256 e. The Hall–Kier alpha value is -2.65. The molecule has 1 aromatic carbocycles. The SMILES string of the molecule is COc1ccc([C@H](CNC(=O)C2=CN3CCS(=O)(=O)N=C3C=C2)N2CCCC2)cc1. The fourth-order valence-electron chi connectivity index (χ4n) is 3.96. The van der Waals surface area contributed by atoms with Crippen molar-refractivity contribution >= 4 is 21.8 Å². The van der Waals surface area contributed by atoms with Crippen molar-refractivity contribution in [2.75, 3.05) is 39.0 Å². The standard InChI is InChI=1S/C21H26N4O4S/c1-29-18-7-4-16(5-8-18)19(24-10-2-3-11-24)14-22-21(26)17-6-9-20-23-30(27,28)13-12-25(20)15-17/h4-9,15,19H,2-3,10-14H2,1H3,(H,22,26)/t19-/m0/s1. The number of fused-ring (bicyclic) bond motifs is 1. The van der Waals surface area contributed by atoms with Crippen LogP contribution in [0.15, 0.2) is 52.6 Å². The quantitative estimate of drug-likeness (QED) is 0.735. The minimum Gasteiger partial charge on any atom is -0.497 e. The second-order valence-corrected chi connectivity index (χ2v) is 9.34. The van der Waals surface area contributed by atoms with E-state index in [2.05, 4.69) is 14.6 Å². The maximum Gasteiger partial charge on any atom is 0.256 e. The van der Waals surface area contributed by atoms with Crippen LogP contribution >= 0.6 is 0 Å². The lowest BCUT2D eigenvalue weighted by molar-refractivity contribution is -0.117. The van der Waals surface area contributed by atoms with Crippen LogP contribution in [0.2, 0.25) is 0 Å². The molecule has 0 bridgehead atoms. The van der Waals surface area contributed by atoms with Gasteiger partial charge >= 0.3 is 0 Å². The van der Waals surface area contributed by atoms with Gasteiger partial charge in [0, 0.05) is 19.3 Å². The number of carbonyl (C=O) groups excluding carboxylic acids is 1. The van der Waals surface area contributed by atoms with Crippen LogP contribution in [-0.2, 0) is 14.8 Å². The molecule has 9 heteroatoms. The second kappa shape index (κ2) is 8.61. The Morgan fingerprint density at radius 1 is 1.17 bits per heavy atom. The molecule has 8 nitrogen and oxygen atoms in total. The van der Waals surface area contributed by atoms with Crippen molar-refractivity contribution in [3.63, 3.8) is 0 Å². The van der Waals surface area contributed by atoms with Gasteiger partial charge in [0.15, 0.2) is 0 Å². The van der Waals surface area contributed by atoms with E-state index in [1.807, 2.05) is 24.3 Å². The zero-order valence-electron chi connectivity index (χ0n) is 17.0. The third-order valence-corrected chi connectivity index (χ3v) is 6.79. The zero-order valence-corrected chi connectivity index (χ0v) is 17.8. The molecule has 1 saturated heterocycles. The Bertz CT molecular complexity index is 992. The van der Waals surface area contributed by atoms with Gasteiger partial charge in [0.1, 0.15) is 11.6 Å². The molecule has 0 unspecified atom stereocenters. The predicted octanol–water partition coefficient (Wildman–Crippen LogP) is 1.45. The summed E-state index contributed by atoms with van der Waals surface area (Å²) in [4.78, 5) is 16.9. The van der Waals surface area contributed by atoms with Crippen molar-refractivity contribution in [1.29, 1.82) is 0 Å². The van der Waals surface area contributed by atoms with Gasteiger partial charge in [-0.25, -0.2) is 8.42 Å². The number of ether oxygens (including phenoxy) is 1. The van der Waals surface area contributed by atoms with E-state index in [0.29, 0.717) is 24.5 Å². The zero-order chi connectivity index (χ0) is 21.1. The molecule has 1 N–H and O–H groups in total. The minimum absolute atomic E-state index is 0.0513. The highest BCUT2D eigenvalue weighted by Gasteiger charge is 2.27. The van der Waals surface area contributed by atoms with Gasteiger partial charge in [-0.1, -0.05) is 12.1 Å². The van der Waals surface area contributed by atoms with Crippen molar-refractivity contribution in [3.05, 3.63) is 53.8 Å². The van der Waals surface area contributed by atoms with Crippen LogP contribution in [0.3, 0.4) is 0 Å². The van der Waals surface area contributed by atoms with Gasteiger partial charge in [-0.05, 0) is 55.8 Å². The van der Waals surface area contributed by atoms with E-state index in [1.54, 1.807) is 30.4 Å². The molecule has 3 heterocycles. The predicted molar refractivity (Wildman–Crippen MR) is 115 cm³/mol. The number of nitrogens with zero attached hydrogens (tertiary/aromatic N) is 3. The molecule has 1 amide bonds. The first-order chi connectivity index (χ1) is 14.4. The van der Waals surface area contributed by atoms with Gasteiger partial charge in [-0.3, -0.25) is 9.69 Å². The summed E-state index contributed by atoms with van der Waals surface area (Å²) < 4.78 is 32.3. The number of hydrogen-bond donors (Lipinski definition) is 1. The first-order valence-corrected chi connectivity index (χ1v) is 11.7. The van der Waals surface area contributed by atoms with Crippen LogP contribution in [0.5, 0.6) is 5.75 Å². The Morgan fingerprint density at radius 2 is 1.90 bits per heavy atom. The number of benzene rings is 1. The van der Waals surface area contributed by atoms with Crippen molar-refractivity contribution in [1.82, 2.24) is 15.1 Å². The minimum atomic E-state index is -3.41. The molecule has 1 aromatic rings. The molecule has 160 valence electrons. The highest BCUT2D eigenvalue weighted by Crippen LogP contribution is 2.26. The van der Waals surface area contributed by atoms with E-state index in [4.69, 9.17) is 4.74 Å². The number of methoxy groups -OCH3 is 1. The molecule has 1 atom stereocenters. The largest absolute Gasteiger partial charge is 0.497 e. The summed E-state index contributed by atoms with van der Waals surface area (Å²) in [5.41, 5.74) is 1.63. The summed E-state index contributed by atoms with van der Waals surface area (Å²) >= 11 is 0. The summed E-state index contributed by atoms with van der Waals surface area (Å²) in [7, 11) is -1.76. The average Bonchev–Trinajstić information content (AvgIpc) is 3.28. The molecule has 30 heavy (non-hydrogen) atoms. The summed E-state index contributed by atoms with van der Waals surface area (Å²) in [6.07, 6.45) is 7.18. The van der Waals surface area contributed by atoms with E-state index >= 15 is 0 Å². The van der Waals surface area contributed by atoms with Gasteiger partial charge in [0.2, 0.25) is 0 Å². The highest BCUT2D eigenvalue weighted by atomic mass is 32.2. The Labute approximate surface area is 177 Å². The number of amidine groups is 1. The summed E-state index contributed by atoms with van der Waals surface area (Å²) in [5.74, 6) is 0.924. The third-order valence-electron chi connectivity index (χ3n) is 5.62. The molecular formula is C21H26N4O4S. The molecule has 0 radical (unpaired) electrons. The highest BCUT2D eigenvalue weighted by molar-refractivity contribution is 7.90. The topological polar surface area (TPSA) is 91.3 Å². The summed E-state index contributed by atoms with van der Waals surface area (Å²) in [5, 5.41) is 3.05. The van der Waals surface area contributed by atoms with Crippen LogP contribution in [0.4, 0.5) is 0 Å². The van der Waals surface area contributed by atoms with Crippen molar-refractivity contribution in [3.8, 4) is 5.75 Å². The number of carbonyl (C=O) groups is 1. The fraction of sp³-hybridized carbons (Fsp3) is 0.429. The summed E-state index contributed by atoms with van der Waals surface area (Å²) in [6, 6.07) is 8.07. The maximum absolute atomic E-state index is 12.8. The molecular weight excluding hydrogens is 404 g/mol. The number of sulfonamides is 1. The average molecular weight is 431 g/mol. The van der Waals surface area contributed by atoms with E-state index in [9.17, 15) is 13.2 Å². The van der Waals surface area contributed by atoms with E-state index in [-0.39, 0.29) is 17.7 Å². The van der Waals surface area contributed by atoms with Gasteiger partial charge in [0.25, 0.3) is 15.9 Å². The Balaban J connectivity index is 1.45. The first kappa shape index (κ1) is 20.6. The Kier molecular flexibility index (Phi) is 5.92. The second-order valence-electron chi connectivity index (χ2n) is 7.59. The maximum atomic E-state index is 12.8. The molecule has 0 aliphatic carbocycles. The number of rotatable bonds is 6. The van der Waals surface area contributed by atoms with E-state index < -0.39 is 10.0 Å². The van der Waals surface area contributed by atoms with E-state index in [0.717, 1.165) is 37.2 Å². The number of likely N-dealkylation sites (tertiary alicyclic amines) is 1. The number of nitrogens with one attached hydrogen (secondary N) is 1. The lowest BCUT2D eigenvalue weighted by Gasteiger charge is -2.29. The van der Waals surface area contributed by atoms with Gasteiger partial charge in [-0.2, -0.15) is 0 Å². The summed E-state index contributed by atoms with van der Waals surface area (Å²) in [6.45, 7) is 2.81. The van der Waals surface area contributed by atoms with Gasteiger partial charge in [-0.15, -0.1) is 4.40 Å². The lowest BCUT2D eigenvalue weighted by atomic mass is 10.0. The molecule has 0 spiro atoms. The van der Waals surface area contributed by atoms with Crippen molar-refractivity contribution in [2.24, 2.45) is 4.40 Å². The number of hydrogen-bond acceptors (Lipinski definition) is 6. The molecule has 0 aromatic heterocycles. The van der Waals surface area contributed by atoms with Crippen LogP contribution in [0, 0.1) is 0 Å². The molecule has 3 aliphatic heterocycles. The molecule has 3 aliphatic rings. The number of amides is 1. The van der Waals surface area contributed by atoms with Crippen LogP contribution < -0.4 is 10.1 Å². The Morgan fingerprint density at radius 3 is 2.60 bits per heavy atom. The van der Waals surface area contributed by atoms with Crippen LogP contribution in [0.25, 0.3) is 0 Å². The first-order valence-electron chi connectivity index (χ1n) is 10.1. The van der Waals surface area contributed by atoms with Gasteiger partial charge < -0.3 is 15.0 Å². The fourth-order valence-corrected chi connectivity index (χ4v) is 4.93. The van der Waals surface area contributed by atoms with Crippen LogP contribution in [0.1, 0.15) is 24.4 Å². The van der Waals surface area contributed by atoms with Gasteiger partial charge in [0.05, 0.1) is 24.5 Å². The van der Waals surface area contributed by atoms with Crippen molar-refractivity contribution in [2.45, 2.75) is 18.9 Å². The normalized spacial score (nSPS) is 21.4. The van der Waals surface area contributed by atoms with Crippen LogP contribution in [-0.4, -0.2) is 69.0 Å². The van der Waals surface area contributed by atoms with E-state index in [1.165, 1.54) is 0 Å². The monoisotopic (exact) mass is 430 g/mol. The van der Waals surface area contributed by atoms with Crippen molar-refractivity contribution < 1.29 is 17.9 Å². The third kappa shape index (κ3) is 4.57.